The Kier molecular flexibility index (Phi) is 4.73. The molecule has 2 aromatic carbocycles. The minimum absolute atomic E-state index is 0.311. The third-order valence-corrected chi connectivity index (χ3v) is 3.37. The van der Waals surface area contributed by atoms with E-state index in [2.05, 4.69) is 19.7 Å². The maximum atomic E-state index is 12.4. The van der Waals surface area contributed by atoms with Gasteiger partial charge in [0.05, 0.1) is 11.9 Å². The van der Waals surface area contributed by atoms with Crippen molar-refractivity contribution in [3.63, 3.8) is 0 Å². The number of H-pyrrole nitrogens is 1. The van der Waals surface area contributed by atoms with E-state index in [-0.39, 0.29) is 0 Å². The van der Waals surface area contributed by atoms with Crippen molar-refractivity contribution in [2.75, 3.05) is 0 Å². The van der Waals surface area contributed by atoms with Crippen LogP contribution in [0.5, 0.6) is 11.5 Å². The van der Waals surface area contributed by atoms with Crippen molar-refractivity contribution in [3.05, 3.63) is 54.7 Å². The van der Waals surface area contributed by atoms with Gasteiger partial charge in [0.15, 0.2) is 0 Å². The second-order valence-electron chi connectivity index (χ2n) is 5.31. The predicted molar refractivity (Wildman–Crippen MR) is 82.8 cm³/mol. The Morgan fingerprint density at radius 1 is 0.741 bits per heavy atom. The summed E-state index contributed by atoms with van der Waals surface area (Å²) in [5.41, 5.74) is 1.34. The first-order chi connectivity index (χ1) is 12.6. The Balaban J connectivity index is 1.96. The normalized spacial score (nSPS) is 12.1. The average Bonchev–Trinajstić information content (AvgIpc) is 3.01. The first-order valence-corrected chi connectivity index (χ1v) is 7.36. The van der Waals surface area contributed by atoms with Crippen LogP contribution in [-0.2, 0) is 0 Å². The first kappa shape index (κ1) is 18.6. The SMILES string of the molecule is FC(F)(F)Oc1cccc(-c2cn[nH]c2-c2cccc(OC(F)(F)F)c2)c1. The summed E-state index contributed by atoms with van der Waals surface area (Å²) in [6.45, 7) is 0. The molecule has 0 radical (unpaired) electrons. The quantitative estimate of drug-likeness (QED) is 0.597. The lowest BCUT2D eigenvalue weighted by atomic mass is 10.0. The molecule has 1 heterocycles. The van der Waals surface area contributed by atoms with Crippen molar-refractivity contribution < 1.29 is 35.8 Å². The number of halogens is 6. The maximum Gasteiger partial charge on any atom is 0.573 e. The van der Waals surface area contributed by atoms with Gasteiger partial charge < -0.3 is 9.47 Å². The molecule has 1 aromatic heterocycles. The summed E-state index contributed by atoms with van der Waals surface area (Å²) in [7, 11) is 0. The molecule has 0 saturated carbocycles. The number of ether oxygens (including phenoxy) is 2. The van der Waals surface area contributed by atoms with E-state index in [4.69, 9.17) is 0 Å². The summed E-state index contributed by atoms with van der Waals surface area (Å²) < 4.78 is 82.1. The fraction of sp³-hybridized carbons (Fsp3) is 0.118. The summed E-state index contributed by atoms with van der Waals surface area (Å²) in [6, 6.07) is 10.3. The van der Waals surface area contributed by atoms with Gasteiger partial charge in [-0.25, -0.2) is 0 Å². The standard InChI is InChI=1S/C17H10F6N2O2/c18-16(19,20)26-12-5-1-3-10(7-12)14-9-24-25-15(14)11-4-2-6-13(8-11)27-17(21,22)23/h1-9H,(H,24,25). The van der Waals surface area contributed by atoms with E-state index in [0.717, 1.165) is 24.3 Å². The highest BCUT2D eigenvalue weighted by atomic mass is 19.4. The average molecular weight is 388 g/mol. The Labute approximate surface area is 148 Å². The van der Waals surface area contributed by atoms with Gasteiger partial charge in [-0.1, -0.05) is 24.3 Å². The molecule has 3 aromatic rings. The topological polar surface area (TPSA) is 47.1 Å². The number of aromatic amines is 1. The molecule has 1 N–H and O–H groups in total. The Morgan fingerprint density at radius 3 is 1.81 bits per heavy atom. The number of aromatic nitrogens is 2. The number of hydrogen-bond donors (Lipinski definition) is 1. The molecule has 27 heavy (non-hydrogen) atoms. The largest absolute Gasteiger partial charge is 0.573 e. The van der Waals surface area contributed by atoms with E-state index in [0.29, 0.717) is 22.4 Å². The predicted octanol–water partition coefficient (Wildman–Crippen LogP) is 5.54. The molecule has 0 unspecified atom stereocenters. The number of alkyl halides is 6. The van der Waals surface area contributed by atoms with Crippen LogP contribution in [-0.4, -0.2) is 22.9 Å². The van der Waals surface area contributed by atoms with E-state index >= 15 is 0 Å². The molecule has 0 aliphatic heterocycles. The van der Waals surface area contributed by atoms with Crippen molar-refractivity contribution in [1.29, 1.82) is 0 Å². The van der Waals surface area contributed by atoms with E-state index in [1.54, 1.807) is 0 Å². The molecule has 10 heteroatoms. The molecular formula is C17H10F6N2O2. The molecule has 0 bridgehead atoms. The number of nitrogens with zero attached hydrogens (tertiary/aromatic N) is 1. The molecular weight excluding hydrogens is 378 g/mol. The van der Waals surface area contributed by atoms with Crippen molar-refractivity contribution in [2.24, 2.45) is 0 Å². The van der Waals surface area contributed by atoms with Crippen LogP contribution in [0.1, 0.15) is 0 Å². The van der Waals surface area contributed by atoms with E-state index in [1.165, 1.54) is 30.5 Å². The summed E-state index contributed by atoms with van der Waals surface area (Å²) in [5.74, 6) is -0.865. The summed E-state index contributed by atoms with van der Waals surface area (Å²) in [4.78, 5) is 0. The molecule has 3 rings (SSSR count). The molecule has 142 valence electrons. The number of benzene rings is 2. The van der Waals surface area contributed by atoms with Gasteiger partial charge in [0.2, 0.25) is 0 Å². The van der Waals surface area contributed by atoms with Gasteiger partial charge in [0.1, 0.15) is 11.5 Å². The zero-order chi connectivity index (χ0) is 19.7. The molecule has 0 aliphatic carbocycles. The van der Waals surface area contributed by atoms with Crippen LogP contribution in [0.3, 0.4) is 0 Å². The highest BCUT2D eigenvalue weighted by Gasteiger charge is 2.32. The monoisotopic (exact) mass is 388 g/mol. The lowest BCUT2D eigenvalue weighted by molar-refractivity contribution is -0.275. The van der Waals surface area contributed by atoms with Gasteiger partial charge in [-0.3, -0.25) is 5.10 Å². The third-order valence-electron chi connectivity index (χ3n) is 3.37. The van der Waals surface area contributed by atoms with Crippen molar-refractivity contribution >= 4 is 0 Å². The van der Waals surface area contributed by atoms with Gasteiger partial charge >= 0.3 is 12.7 Å². The van der Waals surface area contributed by atoms with E-state index in [9.17, 15) is 26.3 Å². The Bertz CT molecular complexity index is 859. The van der Waals surface area contributed by atoms with Crippen molar-refractivity contribution in [2.45, 2.75) is 12.7 Å². The Morgan fingerprint density at radius 2 is 1.26 bits per heavy atom. The minimum atomic E-state index is -4.85. The van der Waals surface area contributed by atoms with E-state index < -0.39 is 24.2 Å². The van der Waals surface area contributed by atoms with Gasteiger partial charge in [0.25, 0.3) is 0 Å². The summed E-state index contributed by atoms with van der Waals surface area (Å²) in [5, 5.41) is 6.46. The van der Waals surface area contributed by atoms with Crippen LogP contribution in [0.15, 0.2) is 54.7 Å². The van der Waals surface area contributed by atoms with Crippen LogP contribution in [0, 0.1) is 0 Å². The first-order valence-electron chi connectivity index (χ1n) is 7.36. The van der Waals surface area contributed by atoms with Crippen LogP contribution in [0.25, 0.3) is 22.4 Å². The molecule has 4 nitrogen and oxygen atoms in total. The van der Waals surface area contributed by atoms with Crippen LogP contribution in [0.4, 0.5) is 26.3 Å². The number of rotatable bonds is 4. The minimum Gasteiger partial charge on any atom is -0.406 e. The second-order valence-corrected chi connectivity index (χ2v) is 5.31. The second kappa shape index (κ2) is 6.86. The fourth-order valence-corrected chi connectivity index (χ4v) is 2.43. The number of hydrogen-bond acceptors (Lipinski definition) is 3. The van der Waals surface area contributed by atoms with Gasteiger partial charge in [0, 0.05) is 11.1 Å². The smallest absolute Gasteiger partial charge is 0.406 e. The van der Waals surface area contributed by atoms with Crippen molar-refractivity contribution in [1.82, 2.24) is 10.2 Å². The zero-order valence-corrected chi connectivity index (χ0v) is 13.2. The molecule has 0 saturated heterocycles. The highest BCUT2D eigenvalue weighted by molar-refractivity contribution is 5.81. The molecule has 0 aliphatic rings. The fourth-order valence-electron chi connectivity index (χ4n) is 2.43. The highest BCUT2D eigenvalue weighted by Crippen LogP contribution is 2.35. The summed E-state index contributed by atoms with van der Waals surface area (Å²) in [6.07, 6.45) is -8.35. The number of nitrogens with one attached hydrogen (secondary N) is 1. The van der Waals surface area contributed by atoms with Gasteiger partial charge in [-0.2, -0.15) is 5.10 Å². The molecule has 0 amide bonds. The van der Waals surface area contributed by atoms with Gasteiger partial charge in [-0.05, 0) is 29.8 Å². The van der Waals surface area contributed by atoms with Crippen LogP contribution in [0.2, 0.25) is 0 Å². The van der Waals surface area contributed by atoms with E-state index in [1.807, 2.05) is 0 Å². The maximum absolute atomic E-state index is 12.4. The summed E-state index contributed by atoms with van der Waals surface area (Å²) >= 11 is 0. The third kappa shape index (κ3) is 4.93. The van der Waals surface area contributed by atoms with Crippen LogP contribution < -0.4 is 9.47 Å². The Hall–Kier alpha value is -3.17. The molecule has 0 atom stereocenters. The van der Waals surface area contributed by atoms with Gasteiger partial charge in [-0.15, -0.1) is 26.3 Å². The molecule has 0 fully saturated rings. The lowest BCUT2D eigenvalue weighted by Crippen LogP contribution is -2.17. The zero-order valence-electron chi connectivity index (χ0n) is 13.2. The van der Waals surface area contributed by atoms with Crippen LogP contribution >= 0.6 is 0 Å². The molecule has 0 spiro atoms. The lowest BCUT2D eigenvalue weighted by Gasteiger charge is -2.11. The van der Waals surface area contributed by atoms with Crippen molar-refractivity contribution in [3.8, 4) is 33.9 Å².